The van der Waals surface area contributed by atoms with Gasteiger partial charge in [0.25, 0.3) is 0 Å². The van der Waals surface area contributed by atoms with E-state index in [1.807, 2.05) is 48.7 Å². The molecule has 0 radical (unpaired) electrons. The van der Waals surface area contributed by atoms with Crippen LogP contribution in [0.15, 0.2) is 53.9 Å². The number of ether oxygens (including phenoxy) is 1. The molecule has 0 atom stereocenters. The maximum Gasteiger partial charge on any atom is 0.187 e. The molecule has 0 aliphatic carbocycles. The minimum Gasteiger partial charge on any atom is -0.497 e. The molecule has 0 spiro atoms. The first-order chi connectivity index (χ1) is 13.8. The number of aryl methyl sites for hydroxylation is 1. The second-order valence-corrected chi connectivity index (χ2v) is 8.86. The van der Waals surface area contributed by atoms with Gasteiger partial charge in [0.05, 0.1) is 7.11 Å². The van der Waals surface area contributed by atoms with Crippen LogP contribution >= 0.6 is 11.3 Å². The molecule has 1 aliphatic heterocycles. The number of benzene rings is 2. The Bertz CT molecular complexity index is 1090. The fourth-order valence-corrected chi connectivity index (χ4v) is 4.44. The zero-order valence-corrected chi connectivity index (χ0v) is 17.9. The molecule has 4 rings (SSSR count). The minimum absolute atomic E-state index is 0.0270. The maximum absolute atomic E-state index is 13.0. The molecule has 2 heterocycles. The third-order valence-electron chi connectivity index (χ3n) is 5.02. The Balaban J connectivity index is 1.65. The number of nitrogens with one attached hydrogen (secondary N) is 1. The Morgan fingerprint density at radius 2 is 1.97 bits per heavy atom. The average Bonchev–Trinajstić information content (AvgIpc) is 3.13. The van der Waals surface area contributed by atoms with Crippen LogP contribution in [0.1, 0.15) is 41.0 Å². The lowest BCUT2D eigenvalue weighted by Crippen LogP contribution is -2.43. The number of thiazole rings is 1. The Hall–Kier alpha value is -2.92. The van der Waals surface area contributed by atoms with E-state index in [1.165, 1.54) is 5.56 Å². The molecule has 0 saturated heterocycles. The van der Waals surface area contributed by atoms with Crippen LogP contribution in [-0.2, 0) is 6.42 Å². The van der Waals surface area contributed by atoms with Crippen LogP contribution in [0.25, 0.3) is 16.3 Å². The summed E-state index contributed by atoms with van der Waals surface area (Å²) in [6.45, 7) is 6.27. The van der Waals surface area contributed by atoms with Crippen molar-refractivity contribution in [2.75, 3.05) is 7.11 Å². The summed E-state index contributed by atoms with van der Waals surface area (Å²) in [5.41, 5.74) is 5.63. The van der Waals surface area contributed by atoms with Crippen LogP contribution < -0.4 is 10.1 Å². The molecule has 0 unspecified atom stereocenters. The highest BCUT2D eigenvalue weighted by Crippen LogP contribution is 2.32. The monoisotopic (exact) mass is 404 g/mol. The van der Waals surface area contributed by atoms with Gasteiger partial charge in [-0.3, -0.25) is 4.79 Å². The molecule has 3 aromatic rings. The van der Waals surface area contributed by atoms with Crippen molar-refractivity contribution in [2.45, 2.75) is 32.7 Å². The standard InChI is InChI=1S/C24H24N2O2S/c1-15-14-29-23(25-15)17-7-5-16(6-8-17)22(27)12-21-20-11-19(28-4)10-9-18(20)13-24(2,3)26-21/h5-12,14,26H,13H2,1-4H3/b21-12-. The van der Waals surface area contributed by atoms with E-state index in [0.717, 1.165) is 39.7 Å². The first-order valence-electron chi connectivity index (χ1n) is 9.59. The van der Waals surface area contributed by atoms with Crippen molar-refractivity contribution < 1.29 is 9.53 Å². The highest BCUT2D eigenvalue weighted by atomic mass is 32.1. The maximum atomic E-state index is 13.0. The first-order valence-corrected chi connectivity index (χ1v) is 10.5. The third-order valence-corrected chi connectivity index (χ3v) is 6.03. The predicted molar refractivity (Wildman–Crippen MR) is 119 cm³/mol. The Morgan fingerprint density at radius 1 is 1.21 bits per heavy atom. The van der Waals surface area contributed by atoms with Gasteiger partial charge in [-0.05, 0) is 44.9 Å². The van der Waals surface area contributed by atoms with E-state index in [1.54, 1.807) is 24.5 Å². The lowest BCUT2D eigenvalue weighted by atomic mass is 9.85. The van der Waals surface area contributed by atoms with E-state index in [-0.39, 0.29) is 11.3 Å². The van der Waals surface area contributed by atoms with E-state index in [9.17, 15) is 4.79 Å². The fourth-order valence-electron chi connectivity index (χ4n) is 3.63. The van der Waals surface area contributed by atoms with Crippen molar-refractivity contribution in [1.82, 2.24) is 10.3 Å². The molecule has 4 nitrogen and oxygen atoms in total. The van der Waals surface area contributed by atoms with Crippen LogP contribution in [0.4, 0.5) is 0 Å². The molecule has 0 saturated carbocycles. The van der Waals surface area contributed by atoms with Gasteiger partial charge in [0.15, 0.2) is 5.78 Å². The van der Waals surface area contributed by atoms with Crippen LogP contribution in [0, 0.1) is 6.92 Å². The Kier molecular flexibility index (Phi) is 5.01. The van der Waals surface area contributed by atoms with Gasteiger partial charge in [0.1, 0.15) is 10.8 Å². The molecule has 0 amide bonds. The summed E-state index contributed by atoms with van der Waals surface area (Å²) < 4.78 is 5.38. The van der Waals surface area contributed by atoms with Crippen molar-refractivity contribution in [3.63, 3.8) is 0 Å². The number of allylic oxidation sites excluding steroid dienone is 1. The second-order valence-electron chi connectivity index (χ2n) is 8.00. The molecule has 2 aromatic carbocycles. The van der Waals surface area contributed by atoms with E-state index < -0.39 is 0 Å². The summed E-state index contributed by atoms with van der Waals surface area (Å²) in [5, 5.41) is 6.52. The van der Waals surface area contributed by atoms with Gasteiger partial charge < -0.3 is 10.1 Å². The number of fused-ring (bicyclic) bond motifs is 1. The number of hydrogen-bond acceptors (Lipinski definition) is 5. The van der Waals surface area contributed by atoms with Crippen molar-refractivity contribution >= 4 is 22.8 Å². The Morgan fingerprint density at radius 3 is 2.62 bits per heavy atom. The van der Waals surface area contributed by atoms with Crippen LogP contribution in [-0.4, -0.2) is 23.4 Å². The number of carbonyl (C=O) groups excluding carboxylic acids is 1. The minimum atomic E-state index is -0.125. The number of ketones is 1. The van der Waals surface area contributed by atoms with E-state index in [2.05, 4.69) is 30.2 Å². The molecular weight excluding hydrogens is 380 g/mol. The number of carbonyl (C=O) groups is 1. The molecular formula is C24H24N2O2S. The molecule has 0 bridgehead atoms. The number of methoxy groups -OCH3 is 1. The van der Waals surface area contributed by atoms with Crippen LogP contribution in [0.5, 0.6) is 5.75 Å². The summed E-state index contributed by atoms with van der Waals surface area (Å²) in [4.78, 5) is 17.5. The van der Waals surface area contributed by atoms with Gasteiger partial charge in [-0.2, -0.15) is 0 Å². The van der Waals surface area contributed by atoms with Crippen molar-refractivity contribution in [1.29, 1.82) is 0 Å². The quantitative estimate of drug-likeness (QED) is 0.475. The van der Waals surface area contributed by atoms with Crippen LogP contribution in [0.2, 0.25) is 0 Å². The highest BCUT2D eigenvalue weighted by molar-refractivity contribution is 7.13. The lowest BCUT2D eigenvalue weighted by molar-refractivity contribution is 0.104. The van der Waals surface area contributed by atoms with E-state index >= 15 is 0 Å². The van der Waals surface area contributed by atoms with Gasteiger partial charge in [-0.15, -0.1) is 11.3 Å². The average molecular weight is 405 g/mol. The zero-order valence-electron chi connectivity index (χ0n) is 17.1. The number of nitrogens with zero attached hydrogens (tertiary/aromatic N) is 1. The normalized spacial score (nSPS) is 16.2. The summed E-state index contributed by atoms with van der Waals surface area (Å²) >= 11 is 1.61. The summed E-state index contributed by atoms with van der Waals surface area (Å²) in [6.07, 6.45) is 2.58. The van der Waals surface area contributed by atoms with Gasteiger partial charge in [0.2, 0.25) is 0 Å². The smallest absolute Gasteiger partial charge is 0.187 e. The molecule has 0 fully saturated rings. The van der Waals surface area contributed by atoms with Crippen molar-refractivity contribution in [3.05, 3.63) is 76.3 Å². The molecule has 5 heteroatoms. The molecule has 148 valence electrons. The summed E-state index contributed by atoms with van der Waals surface area (Å²) in [7, 11) is 1.65. The third kappa shape index (κ3) is 4.10. The molecule has 1 N–H and O–H groups in total. The predicted octanol–water partition coefficient (Wildman–Crippen LogP) is 5.28. The lowest BCUT2D eigenvalue weighted by Gasteiger charge is -2.35. The number of aromatic nitrogens is 1. The zero-order chi connectivity index (χ0) is 20.6. The Labute approximate surface area is 175 Å². The second kappa shape index (κ2) is 7.48. The SMILES string of the molecule is COc1ccc2c(c1)/C(=C/C(=O)c1ccc(-c3nc(C)cs3)cc1)NC(C)(C)C2. The summed E-state index contributed by atoms with van der Waals surface area (Å²) in [5.74, 6) is 0.757. The molecule has 29 heavy (non-hydrogen) atoms. The van der Waals surface area contributed by atoms with E-state index in [0.29, 0.717) is 5.56 Å². The van der Waals surface area contributed by atoms with Crippen molar-refractivity contribution in [3.8, 4) is 16.3 Å². The molecule has 1 aliphatic rings. The van der Waals surface area contributed by atoms with Crippen molar-refractivity contribution in [2.24, 2.45) is 0 Å². The molecule has 1 aromatic heterocycles. The van der Waals surface area contributed by atoms with Gasteiger partial charge in [-0.25, -0.2) is 4.98 Å². The van der Waals surface area contributed by atoms with Gasteiger partial charge in [-0.1, -0.05) is 30.3 Å². The topological polar surface area (TPSA) is 51.2 Å². The fraction of sp³-hybridized carbons (Fsp3) is 0.250. The largest absolute Gasteiger partial charge is 0.497 e. The van der Waals surface area contributed by atoms with Gasteiger partial charge >= 0.3 is 0 Å². The number of hydrogen-bond donors (Lipinski definition) is 1. The first kappa shape index (κ1) is 19.4. The van der Waals surface area contributed by atoms with Crippen LogP contribution in [0.3, 0.4) is 0 Å². The van der Waals surface area contributed by atoms with E-state index in [4.69, 9.17) is 4.74 Å². The summed E-state index contributed by atoms with van der Waals surface area (Å²) in [6, 6.07) is 13.7. The highest BCUT2D eigenvalue weighted by Gasteiger charge is 2.28. The number of rotatable bonds is 4. The van der Waals surface area contributed by atoms with Gasteiger partial charge in [0, 0.05) is 45.1 Å².